The van der Waals surface area contributed by atoms with E-state index in [2.05, 4.69) is 20.3 Å². The molecular weight excluding hydrogens is 407 g/mol. The van der Waals surface area contributed by atoms with Crippen molar-refractivity contribution in [3.05, 3.63) is 71.7 Å². The average molecular weight is 427 g/mol. The van der Waals surface area contributed by atoms with E-state index in [-0.39, 0.29) is 17.5 Å². The average Bonchev–Trinajstić information content (AvgIpc) is 3.09. The molecule has 1 aromatic carbocycles. The van der Waals surface area contributed by atoms with E-state index >= 15 is 0 Å². The number of halogens is 3. The zero-order valence-corrected chi connectivity index (χ0v) is 16.7. The number of likely N-dealkylation sites (tertiary alicyclic amines) is 1. The summed E-state index contributed by atoms with van der Waals surface area (Å²) in [7, 11) is 0. The molecule has 1 aliphatic rings. The van der Waals surface area contributed by atoms with E-state index in [4.69, 9.17) is 0 Å². The van der Waals surface area contributed by atoms with E-state index in [0.717, 1.165) is 17.2 Å². The summed E-state index contributed by atoms with van der Waals surface area (Å²) < 4.78 is 40.1. The first-order valence-corrected chi connectivity index (χ1v) is 9.77. The van der Waals surface area contributed by atoms with Crippen LogP contribution >= 0.6 is 0 Å². The summed E-state index contributed by atoms with van der Waals surface area (Å²) in [5, 5.41) is 2.88. The van der Waals surface area contributed by atoms with E-state index in [9.17, 15) is 18.0 Å². The number of carbonyl (C=O) groups excluding carboxylic acids is 1. The largest absolute Gasteiger partial charge is 0.433 e. The molecule has 31 heavy (non-hydrogen) atoms. The second kappa shape index (κ2) is 8.33. The van der Waals surface area contributed by atoms with Crippen LogP contribution in [0.4, 0.5) is 19.0 Å². The van der Waals surface area contributed by atoms with Gasteiger partial charge in [0.05, 0.1) is 0 Å². The van der Waals surface area contributed by atoms with Gasteiger partial charge >= 0.3 is 6.18 Å². The molecule has 6 nitrogen and oxygen atoms in total. The number of alkyl halides is 3. The van der Waals surface area contributed by atoms with Crippen molar-refractivity contribution in [3.63, 3.8) is 0 Å². The number of rotatable bonds is 5. The van der Waals surface area contributed by atoms with Crippen molar-refractivity contribution < 1.29 is 18.0 Å². The molecule has 3 heterocycles. The molecule has 0 spiro atoms. The van der Waals surface area contributed by atoms with Gasteiger partial charge < -0.3 is 10.2 Å². The van der Waals surface area contributed by atoms with Crippen molar-refractivity contribution in [2.45, 2.75) is 32.1 Å². The van der Waals surface area contributed by atoms with Crippen LogP contribution in [-0.2, 0) is 17.5 Å². The molecule has 2 aromatic heterocycles. The van der Waals surface area contributed by atoms with Crippen molar-refractivity contribution in [2.75, 3.05) is 11.9 Å². The predicted molar refractivity (Wildman–Crippen MR) is 109 cm³/mol. The summed E-state index contributed by atoms with van der Waals surface area (Å²) in [5.74, 6) is -0.287. The predicted octanol–water partition coefficient (Wildman–Crippen LogP) is 4.08. The smallest absolute Gasteiger partial charge is 0.358 e. The Hall–Kier alpha value is -3.49. The third-order valence-corrected chi connectivity index (χ3v) is 5.07. The molecule has 1 atom stereocenters. The van der Waals surface area contributed by atoms with Gasteiger partial charge in [-0.3, -0.25) is 9.78 Å². The van der Waals surface area contributed by atoms with Crippen molar-refractivity contribution >= 4 is 11.7 Å². The molecule has 1 amide bonds. The minimum absolute atomic E-state index is 0.0373. The van der Waals surface area contributed by atoms with Gasteiger partial charge in [0, 0.05) is 37.1 Å². The third-order valence-electron chi connectivity index (χ3n) is 5.07. The van der Waals surface area contributed by atoms with Gasteiger partial charge in [-0.05, 0) is 31.0 Å². The van der Waals surface area contributed by atoms with E-state index in [1.807, 2.05) is 31.2 Å². The van der Waals surface area contributed by atoms with Gasteiger partial charge in [0.15, 0.2) is 11.5 Å². The number of nitrogens with zero attached hydrogens (tertiary/aromatic N) is 4. The Morgan fingerprint density at radius 3 is 2.48 bits per heavy atom. The fourth-order valence-electron chi connectivity index (χ4n) is 3.42. The topological polar surface area (TPSA) is 71.0 Å². The maximum Gasteiger partial charge on any atom is 0.433 e. The summed E-state index contributed by atoms with van der Waals surface area (Å²) in [6, 6.07) is 11.1. The minimum Gasteiger partial charge on any atom is -0.358 e. The normalized spacial score (nSPS) is 16.6. The quantitative estimate of drug-likeness (QED) is 0.665. The molecule has 3 aromatic rings. The highest BCUT2D eigenvalue weighted by atomic mass is 19.4. The highest BCUT2D eigenvalue weighted by molar-refractivity contribution is 5.86. The van der Waals surface area contributed by atoms with E-state index in [1.165, 1.54) is 24.5 Å². The second-order valence-corrected chi connectivity index (χ2v) is 7.43. The molecule has 1 N–H and O–H groups in total. The standard InChI is InChI=1S/C22H20F3N5O/c1-14-2-4-15(5-3-14)13-30-11-8-17(21(30)31)27-19-12-18(22(23,24)25)28-20(29-19)16-6-9-26-10-7-16/h2-7,9-10,12,17H,8,11,13H2,1H3,(H,27,28,29). The highest BCUT2D eigenvalue weighted by Crippen LogP contribution is 2.31. The number of amides is 1. The van der Waals surface area contributed by atoms with Crippen LogP contribution in [0.5, 0.6) is 0 Å². The molecular formula is C22H20F3N5O. The van der Waals surface area contributed by atoms with Gasteiger partial charge in [-0.1, -0.05) is 29.8 Å². The lowest BCUT2D eigenvalue weighted by atomic mass is 10.1. The molecule has 1 fully saturated rings. The molecule has 0 saturated carbocycles. The molecule has 0 bridgehead atoms. The van der Waals surface area contributed by atoms with Gasteiger partial charge in [0.2, 0.25) is 5.91 Å². The molecule has 0 radical (unpaired) electrons. The van der Waals surface area contributed by atoms with Crippen LogP contribution in [0.15, 0.2) is 54.9 Å². The number of pyridine rings is 1. The van der Waals surface area contributed by atoms with E-state index in [1.54, 1.807) is 4.90 Å². The summed E-state index contributed by atoms with van der Waals surface area (Å²) in [6.45, 7) is 2.96. The lowest BCUT2D eigenvalue weighted by Gasteiger charge is -2.18. The zero-order chi connectivity index (χ0) is 22.0. The van der Waals surface area contributed by atoms with Crippen molar-refractivity contribution in [2.24, 2.45) is 0 Å². The first kappa shape index (κ1) is 20.8. The number of carbonyl (C=O) groups is 1. The Morgan fingerprint density at radius 2 is 1.81 bits per heavy atom. The number of benzene rings is 1. The van der Waals surface area contributed by atoms with Crippen LogP contribution in [0.25, 0.3) is 11.4 Å². The molecule has 9 heteroatoms. The Morgan fingerprint density at radius 1 is 1.10 bits per heavy atom. The van der Waals surface area contributed by atoms with E-state index < -0.39 is 17.9 Å². The van der Waals surface area contributed by atoms with Crippen LogP contribution in [0.3, 0.4) is 0 Å². The summed E-state index contributed by atoms with van der Waals surface area (Å²) in [4.78, 5) is 26.2. The Kier molecular flexibility index (Phi) is 5.58. The minimum atomic E-state index is -4.64. The van der Waals surface area contributed by atoms with Crippen LogP contribution < -0.4 is 5.32 Å². The van der Waals surface area contributed by atoms with Crippen molar-refractivity contribution in [3.8, 4) is 11.4 Å². The first-order valence-electron chi connectivity index (χ1n) is 9.77. The number of hydrogen-bond acceptors (Lipinski definition) is 5. The lowest BCUT2D eigenvalue weighted by molar-refractivity contribution is -0.141. The number of aryl methyl sites for hydroxylation is 1. The van der Waals surface area contributed by atoms with Crippen molar-refractivity contribution in [1.82, 2.24) is 19.9 Å². The van der Waals surface area contributed by atoms with Crippen molar-refractivity contribution in [1.29, 1.82) is 0 Å². The van der Waals surface area contributed by atoms with Crippen LogP contribution in [0.1, 0.15) is 23.2 Å². The summed E-state index contributed by atoms with van der Waals surface area (Å²) in [5.41, 5.74) is 1.47. The van der Waals surface area contributed by atoms with Crippen LogP contribution in [-0.4, -0.2) is 38.3 Å². The van der Waals surface area contributed by atoms with Gasteiger partial charge in [0.1, 0.15) is 11.9 Å². The zero-order valence-electron chi connectivity index (χ0n) is 16.7. The van der Waals surface area contributed by atoms with E-state index in [0.29, 0.717) is 25.1 Å². The summed E-state index contributed by atoms with van der Waals surface area (Å²) >= 11 is 0. The molecule has 1 unspecified atom stereocenters. The molecule has 4 rings (SSSR count). The van der Waals surface area contributed by atoms with Gasteiger partial charge in [-0.25, -0.2) is 9.97 Å². The number of anilines is 1. The van der Waals surface area contributed by atoms with Crippen LogP contribution in [0.2, 0.25) is 0 Å². The maximum absolute atomic E-state index is 13.4. The fourth-order valence-corrected chi connectivity index (χ4v) is 3.42. The SMILES string of the molecule is Cc1ccc(CN2CCC(Nc3cc(C(F)(F)F)nc(-c4ccncc4)n3)C2=O)cc1. The number of hydrogen-bond donors (Lipinski definition) is 1. The second-order valence-electron chi connectivity index (χ2n) is 7.43. The third kappa shape index (κ3) is 4.82. The van der Waals surface area contributed by atoms with Gasteiger partial charge in [-0.15, -0.1) is 0 Å². The Bertz CT molecular complexity index is 1070. The lowest BCUT2D eigenvalue weighted by Crippen LogP contribution is -2.33. The fraction of sp³-hybridized carbons (Fsp3) is 0.273. The number of nitrogens with one attached hydrogen (secondary N) is 1. The monoisotopic (exact) mass is 427 g/mol. The highest BCUT2D eigenvalue weighted by Gasteiger charge is 2.35. The summed E-state index contributed by atoms with van der Waals surface area (Å²) in [6.07, 6.45) is -1.26. The molecule has 160 valence electrons. The molecule has 1 saturated heterocycles. The number of aromatic nitrogens is 3. The first-order chi connectivity index (χ1) is 14.8. The Balaban J connectivity index is 1.54. The van der Waals surface area contributed by atoms with Crippen LogP contribution in [0, 0.1) is 6.92 Å². The van der Waals surface area contributed by atoms with Gasteiger partial charge in [-0.2, -0.15) is 13.2 Å². The molecule has 0 aliphatic carbocycles. The molecule has 1 aliphatic heterocycles. The maximum atomic E-state index is 13.4. The van der Waals surface area contributed by atoms with Gasteiger partial charge in [0.25, 0.3) is 0 Å². The Labute approximate surface area is 177 Å².